The highest BCUT2D eigenvalue weighted by Gasteiger charge is 2.24. The van der Waals surface area contributed by atoms with E-state index in [9.17, 15) is 5.11 Å². The van der Waals surface area contributed by atoms with Gasteiger partial charge in [0.15, 0.2) is 0 Å². The lowest BCUT2D eigenvalue weighted by Crippen LogP contribution is -2.11. The zero-order valence-electron chi connectivity index (χ0n) is 26.1. The smallest absolute Gasteiger partial charge is 0.149 e. The highest BCUT2D eigenvalue weighted by Crippen LogP contribution is 2.42. The van der Waals surface area contributed by atoms with Gasteiger partial charge in [0, 0.05) is 28.4 Å². The number of pyridine rings is 1. The van der Waals surface area contributed by atoms with E-state index >= 15 is 0 Å². The average molecular weight is 596 g/mol. The van der Waals surface area contributed by atoms with Gasteiger partial charge in [-0.25, -0.2) is 4.98 Å². The van der Waals surface area contributed by atoms with Gasteiger partial charge in [-0.1, -0.05) is 99.6 Å². The van der Waals surface area contributed by atoms with Crippen molar-refractivity contribution in [1.29, 1.82) is 0 Å². The zero-order chi connectivity index (χ0) is 31.4. The molecule has 0 bridgehead atoms. The third-order valence-electron chi connectivity index (χ3n) is 8.87. The van der Waals surface area contributed by atoms with Crippen molar-refractivity contribution >= 4 is 32.6 Å². The van der Waals surface area contributed by atoms with Crippen molar-refractivity contribution in [3.05, 3.63) is 145 Å². The Labute approximate surface area is 268 Å². The molecule has 2 heterocycles. The number of hydrogen-bond acceptors (Lipinski definition) is 3. The Bertz CT molecular complexity index is 2420. The van der Waals surface area contributed by atoms with Gasteiger partial charge in [0.05, 0.1) is 22.3 Å². The summed E-state index contributed by atoms with van der Waals surface area (Å²) in [4.78, 5) is 10.3. The summed E-state index contributed by atoms with van der Waals surface area (Å²) in [5, 5.41) is 15.6. The van der Waals surface area contributed by atoms with E-state index in [0.717, 1.165) is 60.6 Å². The second-order valence-electron chi connectivity index (χ2n) is 12.9. The molecule has 0 radical (unpaired) electrons. The first kappa shape index (κ1) is 27.8. The number of aromatic nitrogens is 3. The van der Waals surface area contributed by atoms with E-state index in [1.54, 1.807) is 6.07 Å². The molecule has 0 saturated carbocycles. The quantitative estimate of drug-likeness (QED) is 0.220. The van der Waals surface area contributed by atoms with Gasteiger partial charge in [-0.15, -0.1) is 0 Å². The summed E-state index contributed by atoms with van der Waals surface area (Å²) in [5.41, 5.74) is 8.75. The molecule has 0 aliphatic carbocycles. The molecule has 46 heavy (non-hydrogen) atoms. The molecule has 1 N–H and O–H groups in total. The van der Waals surface area contributed by atoms with Crippen LogP contribution in [0.2, 0.25) is 0 Å². The van der Waals surface area contributed by atoms with Crippen LogP contribution < -0.4 is 0 Å². The predicted octanol–water partition coefficient (Wildman–Crippen LogP) is 10.7. The molecule has 222 valence electrons. The second kappa shape index (κ2) is 10.7. The maximum atomic E-state index is 11.0. The van der Waals surface area contributed by atoms with E-state index in [4.69, 9.17) is 9.97 Å². The van der Waals surface area contributed by atoms with E-state index < -0.39 is 0 Å². The Hall–Kier alpha value is -5.74. The van der Waals surface area contributed by atoms with Gasteiger partial charge in [-0.2, -0.15) is 0 Å². The maximum absolute atomic E-state index is 11.0. The van der Waals surface area contributed by atoms with Gasteiger partial charge in [0.1, 0.15) is 11.6 Å². The van der Waals surface area contributed by atoms with Crippen LogP contribution in [0.5, 0.6) is 5.75 Å². The van der Waals surface area contributed by atoms with Crippen molar-refractivity contribution in [3.63, 3.8) is 0 Å². The van der Waals surface area contributed by atoms with E-state index in [1.165, 1.54) is 5.56 Å². The third-order valence-corrected chi connectivity index (χ3v) is 8.87. The van der Waals surface area contributed by atoms with Gasteiger partial charge in [-0.05, 0) is 87.3 Å². The number of phenols is 1. The standard InChI is InChI=1S/C42H33N3O/c1-42(2,3)31-24-35(40-38(25-31)45(32-16-5-4-6-17-32)41(44-40)34-19-11-12-20-39(34)46)30-21-28-14-9-10-18-33(28)36(22-30)37-23-27-13-7-8-15-29(27)26-43-37/h4-26,46H,1-3H3. The van der Waals surface area contributed by atoms with E-state index in [0.29, 0.717) is 11.4 Å². The molecule has 6 aromatic carbocycles. The molecule has 0 aliphatic rings. The average Bonchev–Trinajstić information content (AvgIpc) is 3.47. The number of nitrogens with zero attached hydrogens (tertiary/aromatic N) is 3. The minimum Gasteiger partial charge on any atom is -0.507 e. The monoisotopic (exact) mass is 595 g/mol. The summed E-state index contributed by atoms with van der Waals surface area (Å²) in [6.07, 6.45) is 1.96. The van der Waals surface area contributed by atoms with Crippen LogP contribution >= 0.6 is 0 Å². The van der Waals surface area contributed by atoms with Crippen LogP contribution in [0.3, 0.4) is 0 Å². The van der Waals surface area contributed by atoms with Crippen LogP contribution in [-0.4, -0.2) is 19.6 Å². The van der Waals surface area contributed by atoms with Crippen molar-refractivity contribution in [2.45, 2.75) is 26.2 Å². The first-order valence-electron chi connectivity index (χ1n) is 15.6. The Morgan fingerprint density at radius 2 is 1.30 bits per heavy atom. The fourth-order valence-electron chi connectivity index (χ4n) is 6.42. The summed E-state index contributed by atoms with van der Waals surface area (Å²) in [7, 11) is 0. The number of rotatable bonds is 4. The molecule has 0 amide bonds. The van der Waals surface area contributed by atoms with Crippen LogP contribution in [0.15, 0.2) is 140 Å². The van der Waals surface area contributed by atoms with Crippen LogP contribution in [0.25, 0.3) is 72.0 Å². The van der Waals surface area contributed by atoms with Gasteiger partial charge < -0.3 is 5.11 Å². The van der Waals surface area contributed by atoms with E-state index in [-0.39, 0.29) is 11.2 Å². The number of phenolic OH excluding ortho intramolecular Hbond substituents is 1. The fourth-order valence-corrected chi connectivity index (χ4v) is 6.42. The molecule has 0 atom stereocenters. The highest BCUT2D eigenvalue weighted by molar-refractivity contribution is 6.04. The number of hydrogen-bond donors (Lipinski definition) is 1. The molecule has 4 heteroatoms. The molecular formula is C42H33N3O. The third kappa shape index (κ3) is 4.70. The fraction of sp³-hybridized carbons (Fsp3) is 0.0952. The number of para-hydroxylation sites is 2. The van der Waals surface area contributed by atoms with Crippen molar-refractivity contribution in [2.75, 3.05) is 0 Å². The van der Waals surface area contributed by atoms with E-state index in [1.807, 2.05) is 48.7 Å². The molecule has 0 unspecified atom stereocenters. The molecule has 8 rings (SSSR count). The first-order chi connectivity index (χ1) is 22.3. The summed E-state index contributed by atoms with van der Waals surface area (Å²) in [6, 6.07) is 45.9. The number of imidazole rings is 1. The van der Waals surface area contributed by atoms with E-state index in [2.05, 4.69) is 110 Å². The SMILES string of the molecule is CC(C)(C)c1cc(-c2cc(-c3cc4ccccc4cn3)c3ccccc3c2)c2nc(-c3ccccc3O)n(-c3ccccc3)c2c1. The molecule has 2 aromatic heterocycles. The predicted molar refractivity (Wildman–Crippen MR) is 191 cm³/mol. The molecule has 0 fully saturated rings. The Morgan fingerprint density at radius 3 is 2.09 bits per heavy atom. The summed E-state index contributed by atoms with van der Waals surface area (Å²) in [6.45, 7) is 6.74. The molecule has 4 nitrogen and oxygen atoms in total. The van der Waals surface area contributed by atoms with Crippen molar-refractivity contribution in [1.82, 2.24) is 14.5 Å². The second-order valence-corrected chi connectivity index (χ2v) is 12.9. The van der Waals surface area contributed by atoms with Crippen LogP contribution in [-0.2, 0) is 5.41 Å². The Morgan fingerprint density at radius 1 is 0.609 bits per heavy atom. The van der Waals surface area contributed by atoms with Crippen LogP contribution in [0.4, 0.5) is 0 Å². The number of aromatic hydroxyl groups is 1. The zero-order valence-corrected chi connectivity index (χ0v) is 26.1. The minimum atomic E-state index is -0.122. The molecular weight excluding hydrogens is 562 g/mol. The van der Waals surface area contributed by atoms with Crippen molar-refractivity contribution < 1.29 is 5.11 Å². The summed E-state index contributed by atoms with van der Waals surface area (Å²) >= 11 is 0. The van der Waals surface area contributed by atoms with Gasteiger partial charge in [0.2, 0.25) is 0 Å². The van der Waals surface area contributed by atoms with Gasteiger partial charge in [-0.3, -0.25) is 9.55 Å². The number of fused-ring (bicyclic) bond motifs is 3. The maximum Gasteiger partial charge on any atom is 0.149 e. The van der Waals surface area contributed by atoms with Crippen LogP contribution in [0, 0.1) is 0 Å². The number of benzene rings is 6. The lowest BCUT2D eigenvalue weighted by Gasteiger charge is -2.21. The highest BCUT2D eigenvalue weighted by atomic mass is 16.3. The summed E-state index contributed by atoms with van der Waals surface area (Å²) < 4.78 is 2.18. The lowest BCUT2D eigenvalue weighted by molar-refractivity contribution is 0.477. The van der Waals surface area contributed by atoms with Crippen molar-refractivity contribution in [2.24, 2.45) is 0 Å². The molecule has 8 aromatic rings. The minimum absolute atomic E-state index is 0.122. The Balaban J connectivity index is 1.47. The summed E-state index contributed by atoms with van der Waals surface area (Å²) in [5.74, 6) is 0.895. The first-order valence-corrected chi connectivity index (χ1v) is 15.6. The molecule has 0 aliphatic heterocycles. The van der Waals surface area contributed by atoms with Crippen LogP contribution in [0.1, 0.15) is 26.3 Å². The molecule has 0 saturated heterocycles. The lowest BCUT2D eigenvalue weighted by atomic mass is 9.84. The normalized spacial score (nSPS) is 11.9. The van der Waals surface area contributed by atoms with Crippen molar-refractivity contribution in [3.8, 4) is 45.2 Å². The largest absolute Gasteiger partial charge is 0.507 e. The van der Waals surface area contributed by atoms with Gasteiger partial charge in [0.25, 0.3) is 0 Å². The molecule has 0 spiro atoms. The Kier molecular flexibility index (Phi) is 6.47. The van der Waals surface area contributed by atoms with Gasteiger partial charge >= 0.3 is 0 Å². The topological polar surface area (TPSA) is 50.9 Å².